The lowest BCUT2D eigenvalue weighted by atomic mass is 10.3. The summed E-state index contributed by atoms with van der Waals surface area (Å²) in [5.41, 5.74) is 0.230. The van der Waals surface area contributed by atoms with Crippen LogP contribution >= 0.6 is 0 Å². The van der Waals surface area contributed by atoms with Gasteiger partial charge in [0, 0.05) is 18.8 Å². The SMILES string of the molecule is CCn1nccc1CNS(=O)(=O)c1ccccc1[N+](=O)[O-]. The van der Waals surface area contributed by atoms with E-state index in [2.05, 4.69) is 9.82 Å². The Morgan fingerprint density at radius 3 is 2.71 bits per heavy atom. The van der Waals surface area contributed by atoms with Crippen LogP contribution in [-0.2, 0) is 23.1 Å². The Labute approximate surface area is 121 Å². The molecule has 0 radical (unpaired) electrons. The largest absolute Gasteiger partial charge is 0.289 e. The molecule has 0 amide bonds. The molecule has 0 aliphatic rings. The molecule has 0 saturated carbocycles. The average Bonchev–Trinajstić information content (AvgIpc) is 2.92. The molecule has 1 N–H and O–H groups in total. The quantitative estimate of drug-likeness (QED) is 0.639. The number of nitrogens with zero attached hydrogens (tertiary/aromatic N) is 3. The molecule has 2 rings (SSSR count). The van der Waals surface area contributed by atoms with Crippen molar-refractivity contribution in [3.05, 3.63) is 52.3 Å². The van der Waals surface area contributed by atoms with E-state index in [1.165, 1.54) is 18.2 Å². The second-order valence-corrected chi connectivity index (χ2v) is 5.92. The van der Waals surface area contributed by atoms with Crippen molar-refractivity contribution in [3.63, 3.8) is 0 Å². The van der Waals surface area contributed by atoms with E-state index in [1.54, 1.807) is 16.9 Å². The van der Waals surface area contributed by atoms with Crippen molar-refractivity contribution in [1.82, 2.24) is 14.5 Å². The minimum atomic E-state index is -3.97. The molecule has 9 heteroatoms. The van der Waals surface area contributed by atoms with Crippen LogP contribution in [0.2, 0.25) is 0 Å². The molecule has 0 spiro atoms. The third-order valence-electron chi connectivity index (χ3n) is 2.90. The fourth-order valence-electron chi connectivity index (χ4n) is 1.88. The van der Waals surface area contributed by atoms with Gasteiger partial charge in [-0.3, -0.25) is 14.8 Å². The molecule has 1 aromatic heterocycles. The van der Waals surface area contributed by atoms with Crippen LogP contribution in [0.25, 0.3) is 0 Å². The van der Waals surface area contributed by atoms with Gasteiger partial charge in [0.2, 0.25) is 10.0 Å². The number of benzene rings is 1. The molecule has 0 aliphatic carbocycles. The van der Waals surface area contributed by atoms with E-state index in [-0.39, 0.29) is 11.4 Å². The highest BCUT2D eigenvalue weighted by Gasteiger charge is 2.24. The minimum Gasteiger partial charge on any atom is -0.269 e. The van der Waals surface area contributed by atoms with Crippen LogP contribution in [0.3, 0.4) is 0 Å². The van der Waals surface area contributed by atoms with Gasteiger partial charge in [0.05, 0.1) is 17.2 Å². The first kappa shape index (κ1) is 15.1. The molecule has 1 aromatic carbocycles. The summed E-state index contributed by atoms with van der Waals surface area (Å²) in [5.74, 6) is 0. The van der Waals surface area contributed by atoms with Crippen molar-refractivity contribution in [2.24, 2.45) is 0 Å². The third-order valence-corrected chi connectivity index (χ3v) is 4.35. The smallest absolute Gasteiger partial charge is 0.269 e. The Morgan fingerprint density at radius 2 is 2.05 bits per heavy atom. The van der Waals surface area contributed by atoms with Gasteiger partial charge in [-0.1, -0.05) is 12.1 Å². The van der Waals surface area contributed by atoms with Gasteiger partial charge in [-0.2, -0.15) is 5.10 Å². The topological polar surface area (TPSA) is 107 Å². The highest BCUT2D eigenvalue weighted by molar-refractivity contribution is 7.89. The predicted octanol–water partition coefficient (Wildman–Crippen LogP) is 1.29. The number of rotatable bonds is 6. The van der Waals surface area contributed by atoms with Crippen molar-refractivity contribution >= 4 is 15.7 Å². The van der Waals surface area contributed by atoms with Crippen molar-refractivity contribution < 1.29 is 13.3 Å². The van der Waals surface area contributed by atoms with Gasteiger partial charge in [0.15, 0.2) is 4.90 Å². The molecule has 0 unspecified atom stereocenters. The first-order valence-electron chi connectivity index (χ1n) is 6.19. The van der Waals surface area contributed by atoms with Gasteiger partial charge < -0.3 is 0 Å². The molecule has 0 saturated heterocycles. The Kier molecular flexibility index (Phi) is 4.34. The first-order valence-corrected chi connectivity index (χ1v) is 7.68. The number of para-hydroxylation sites is 1. The monoisotopic (exact) mass is 310 g/mol. The van der Waals surface area contributed by atoms with Crippen LogP contribution in [0.15, 0.2) is 41.4 Å². The molecule has 21 heavy (non-hydrogen) atoms. The zero-order valence-corrected chi connectivity index (χ0v) is 12.1. The van der Waals surface area contributed by atoms with E-state index >= 15 is 0 Å². The van der Waals surface area contributed by atoms with Crippen LogP contribution < -0.4 is 4.72 Å². The first-order chi connectivity index (χ1) is 9.95. The second-order valence-electron chi connectivity index (χ2n) is 4.19. The zero-order chi connectivity index (χ0) is 15.5. The van der Waals surface area contributed by atoms with Crippen molar-refractivity contribution in [1.29, 1.82) is 0 Å². The maximum atomic E-state index is 12.2. The summed E-state index contributed by atoms with van der Waals surface area (Å²) >= 11 is 0. The summed E-state index contributed by atoms with van der Waals surface area (Å²) in [6.07, 6.45) is 1.57. The lowest BCUT2D eigenvalue weighted by molar-refractivity contribution is -0.387. The molecule has 0 atom stereocenters. The van der Waals surface area contributed by atoms with E-state index in [1.807, 2.05) is 6.92 Å². The summed E-state index contributed by atoms with van der Waals surface area (Å²) in [5, 5.41) is 14.9. The van der Waals surface area contributed by atoms with E-state index in [0.29, 0.717) is 12.2 Å². The maximum absolute atomic E-state index is 12.2. The van der Waals surface area contributed by atoms with Gasteiger partial charge in [0.1, 0.15) is 0 Å². The van der Waals surface area contributed by atoms with Crippen LogP contribution in [0.5, 0.6) is 0 Å². The number of sulfonamides is 1. The van der Waals surface area contributed by atoms with E-state index < -0.39 is 20.6 Å². The standard InChI is InChI=1S/C12H14N4O4S/c1-2-15-10(7-8-13-15)9-14-21(19,20)12-6-4-3-5-11(12)16(17)18/h3-8,14H,2,9H2,1H3. The number of hydrogen-bond acceptors (Lipinski definition) is 5. The molecule has 0 aliphatic heterocycles. The highest BCUT2D eigenvalue weighted by Crippen LogP contribution is 2.22. The lowest BCUT2D eigenvalue weighted by Crippen LogP contribution is -2.25. The number of nitrogens with one attached hydrogen (secondary N) is 1. The maximum Gasteiger partial charge on any atom is 0.289 e. The molecule has 0 bridgehead atoms. The Hall–Kier alpha value is -2.26. The number of nitro groups is 1. The highest BCUT2D eigenvalue weighted by atomic mass is 32.2. The summed E-state index contributed by atoms with van der Waals surface area (Å²) < 4.78 is 28.4. The van der Waals surface area contributed by atoms with Crippen molar-refractivity contribution in [2.75, 3.05) is 0 Å². The van der Waals surface area contributed by atoms with Crippen LogP contribution in [0.4, 0.5) is 5.69 Å². The van der Waals surface area contributed by atoms with Gasteiger partial charge in [-0.15, -0.1) is 0 Å². The molecular weight excluding hydrogens is 296 g/mol. The Balaban J connectivity index is 2.25. The summed E-state index contributed by atoms with van der Waals surface area (Å²) in [4.78, 5) is 9.83. The molecule has 0 fully saturated rings. The van der Waals surface area contributed by atoms with Crippen LogP contribution in [-0.4, -0.2) is 23.1 Å². The summed E-state index contributed by atoms with van der Waals surface area (Å²) in [7, 11) is -3.97. The normalized spacial score (nSPS) is 11.5. The van der Waals surface area contributed by atoms with Gasteiger partial charge in [0.25, 0.3) is 5.69 Å². The van der Waals surface area contributed by atoms with Crippen molar-refractivity contribution in [2.45, 2.75) is 24.9 Å². The average molecular weight is 310 g/mol. The molecule has 8 nitrogen and oxygen atoms in total. The van der Waals surface area contributed by atoms with Gasteiger partial charge in [-0.25, -0.2) is 13.1 Å². The number of hydrogen-bond donors (Lipinski definition) is 1. The Morgan fingerprint density at radius 1 is 1.33 bits per heavy atom. The minimum absolute atomic E-state index is 0.0161. The number of nitro benzene ring substituents is 1. The third kappa shape index (κ3) is 3.26. The lowest BCUT2D eigenvalue weighted by Gasteiger charge is -2.08. The fraction of sp³-hybridized carbons (Fsp3) is 0.250. The van der Waals surface area contributed by atoms with Gasteiger partial charge >= 0.3 is 0 Å². The van der Waals surface area contributed by atoms with E-state index in [0.717, 1.165) is 6.07 Å². The molecule has 2 aromatic rings. The van der Waals surface area contributed by atoms with Crippen molar-refractivity contribution in [3.8, 4) is 0 Å². The Bertz CT molecular complexity index is 754. The molecule has 112 valence electrons. The van der Waals surface area contributed by atoms with Crippen LogP contribution in [0, 0.1) is 10.1 Å². The number of aryl methyl sites for hydroxylation is 1. The zero-order valence-electron chi connectivity index (χ0n) is 11.3. The van der Waals surface area contributed by atoms with E-state index in [9.17, 15) is 18.5 Å². The van der Waals surface area contributed by atoms with E-state index in [4.69, 9.17) is 0 Å². The molecule has 1 heterocycles. The van der Waals surface area contributed by atoms with Crippen LogP contribution in [0.1, 0.15) is 12.6 Å². The fourth-order valence-corrected chi connectivity index (χ4v) is 3.05. The number of aromatic nitrogens is 2. The predicted molar refractivity (Wildman–Crippen MR) is 75.0 cm³/mol. The second kappa shape index (κ2) is 6.02. The summed E-state index contributed by atoms with van der Waals surface area (Å²) in [6, 6.07) is 6.91. The van der Waals surface area contributed by atoms with Gasteiger partial charge in [-0.05, 0) is 19.1 Å². The molecular formula is C12H14N4O4S. The summed E-state index contributed by atoms with van der Waals surface area (Å²) in [6.45, 7) is 2.50.